The lowest BCUT2D eigenvalue weighted by Crippen LogP contribution is -2.26. The van der Waals surface area contributed by atoms with Gasteiger partial charge in [0, 0.05) is 28.8 Å². The molecule has 0 aliphatic rings. The molecular formula is C16H17BrN2O2. The monoisotopic (exact) mass is 348 g/mol. The Labute approximate surface area is 132 Å². The van der Waals surface area contributed by atoms with Gasteiger partial charge in [0.2, 0.25) is 0 Å². The van der Waals surface area contributed by atoms with Crippen LogP contribution in [-0.2, 0) is 6.54 Å². The number of aliphatic hydroxyl groups is 1. The first-order chi connectivity index (χ1) is 10.2. The van der Waals surface area contributed by atoms with Gasteiger partial charge >= 0.3 is 0 Å². The van der Waals surface area contributed by atoms with E-state index in [0.29, 0.717) is 5.56 Å². The van der Waals surface area contributed by atoms with Crippen molar-refractivity contribution < 1.29 is 9.90 Å². The van der Waals surface area contributed by atoms with Gasteiger partial charge in [-0.15, -0.1) is 0 Å². The number of anilines is 1. The first kappa shape index (κ1) is 15.5. The summed E-state index contributed by atoms with van der Waals surface area (Å²) in [6, 6.07) is 15.4. The topological polar surface area (TPSA) is 61.4 Å². The van der Waals surface area contributed by atoms with Crippen LogP contribution in [-0.4, -0.2) is 24.2 Å². The molecule has 0 heterocycles. The first-order valence-electron chi connectivity index (χ1n) is 6.66. The van der Waals surface area contributed by atoms with E-state index >= 15 is 0 Å². The van der Waals surface area contributed by atoms with E-state index in [2.05, 4.69) is 26.6 Å². The highest BCUT2D eigenvalue weighted by Crippen LogP contribution is 2.14. The Kier molecular flexibility index (Phi) is 5.78. The molecule has 0 aliphatic carbocycles. The lowest BCUT2D eigenvalue weighted by Gasteiger charge is -2.08. The Hall–Kier alpha value is -1.85. The highest BCUT2D eigenvalue weighted by Gasteiger charge is 2.04. The van der Waals surface area contributed by atoms with Gasteiger partial charge in [0.25, 0.3) is 5.91 Å². The van der Waals surface area contributed by atoms with Gasteiger partial charge in [-0.1, -0.05) is 28.1 Å². The molecule has 0 aromatic heterocycles. The molecular weight excluding hydrogens is 332 g/mol. The second kappa shape index (κ2) is 7.81. The normalized spacial score (nSPS) is 10.2. The minimum Gasteiger partial charge on any atom is -0.395 e. The molecule has 5 heteroatoms. The average Bonchev–Trinajstić information content (AvgIpc) is 2.52. The molecule has 1 amide bonds. The molecule has 110 valence electrons. The second-order valence-electron chi connectivity index (χ2n) is 4.54. The summed E-state index contributed by atoms with van der Waals surface area (Å²) in [5, 5.41) is 14.6. The fourth-order valence-corrected chi connectivity index (χ4v) is 2.08. The van der Waals surface area contributed by atoms with Crippen molar-refractivity contribution >= 4 is 27.5 Å². The summed E-state index contributed by atoms with van der Waals surface area (Å²) in [5.74, 6) is -0.177. The van der Waals surface area contributed by atoms with Crippen LogP contribution in [0.2, 0.25) is 0 Å². The van der Waals surface area contributed by atoms with Crippen molar-refractivity contribution in [1.82, 2.24) is 5.32 Å². The van der Waals surface area contributed by atoms with Crippen molar-refractivity contribution in [1.29, 1.82) is 0 Å². The van der Waals surface area contributed by atoms with Gasteiger partial charge in [-0.3, -0.25) is 4.79 Å². The molecule has 0 atom stereocenters. The molecule has 3 N–H and O–H groups in total. The number of hydrogen-bond acceptors (Lipinski definition) is 3. The largest absolute Gasteiger partial charge is 0.395 e. The van der Waals surface area contributed by atoms with Crippen LogP contribution in [0.15, 0.2) is 53.0 Å². The zero-order valence-electron chi connectivity index (χ0n) is 11.5. The minimum atomic E-state index is -0.177. The van der Waals surface area contributed by atoms with Crippen molar-refractivity contribution in [2.24, 2.45) is 0 Å². The summed E-state index contributed by atoms with van der Waals surface area (Å²) in [6.45, 7) is 0.935. The molecule has 0 saturated heterocycles. The van der Waals surface area contributed by atoms with Crippen molar-refractivity contribution in [2.75, 3.05) is 18.5 Å². The van der Waals surface area contributed by atoms with Crippen LogP contribution >= 0.6 is 15.9 Å². The van der Waals surface area contributed by atoms with Gasteiger partial charge in [-0.2, -0.15) is 0 Å². The van der Waals surface area contributed by atoms with E-state index in [1.807, 2.05) is 36.4 Å². The number of benzene rings is 2. The van der Waals surface area contributed by atoms with E-state index in [0.717, 1.165) is 16.7 Å². The third kappa shape index (κ3) is 4.88. The van der Waals surface area contributed by atoms with Crippen LogP contribution in [0.3, 0.4) is 0 Å². The van der Waals surface area contributed by atoms with Crippen molar-refractivity contribution in [3.63, 3.8) is 0 Å². The molecule has 2 aromatic rings. The van der Waals surface area contributed by atoms with E-state index in [-0.39, 0.29) is 19.1 Å². The van der Waals surface area contributed by atoms with Crippen molar-refractivity contribution in [3.8, 4) is 0 Å². The van der Waals surface area contributed by atoms with Crippen LogP contribution in [0.5, 0.6) is 0 Å². The van der Waals surface area contributed by atoms with E-state index in [1.54, 1.807) is 12.1 Å². The number of aliphatic hydroxyl groups excluding tert-OH is 1. The number of amides is 1. The van der Waals surface area contributed by atoms with Crippen LogP contribution in [0.1, 0.15) is 15.9 Å². The lowest BCUT2D eigenvalue weighted by molar-refractivity contribution is 0.0945. The summed E-state index contributed by atoms with van der Waals surface area (Å²) < 4.78 is 1.06. The molecule has 21 heavy (non-hydrogen) atoms. The van der Waals surface area contributed by atoms with Gasteiger partial charge in [0.1, 0.15) is 0 Å². The smallest absolute Gasteiger partial charge is 0.251 e. The maximum absolute atomic E-state index is 11.7. The van der Waals surface area contributed by atoms with Gasteiger partial charge in [-0.25, -0.2) is 0 Å². The van der Waals surface area contributed by atoms with Gasteiger partial charge < -0.3 is 15.7 Å². The summed E-state index contributed by atoms with van der Waals surface area (Å²) >= 11 is 3.41. The molecule has 2 rings (SSSR count). The minimum absolute atomic E-state index is 0.0570. The number of halogens is 1. The molecule has 0 unspecified atom stereocenters. The predicted molar refractivity (Wildman–Crippen MR) is 87.3 cm³/mol. The number of carbonyl (C=O) groups is 1. The van der Waals surface area contributed by atoms with Gasteiger partial charge in [0.05, 0.1) is 6.61 Å². The molecule has 4 nitrogen and oxygen atoms in total. The van der Waals surface area contributed by atoms with Crippen LogP contribution < -0.4 is 10.6 Å². The Balaban J connectivity index is 1.90. The molecule has 0 spiro atoms. The van der Waals surface area contributed by atoms with E-state index in [4.69, 9.17) is 5.11 Å². The molecule has 0 fully saturated rings. The standard InChI is InChI=1S/C16H17BrN2O2/c17-14-5-1-12(2-6-14)11-19-15-7-3-13(4-8-15)16(21)18-9-10-20/h1-8,19-20H,9-11H2,(H,18,21). The van der Waals surface area contributed by atoms with Gasteiger partial charge in [-0.05, 0) is 42.0 Å². The van der Waals surface area contributed by atoms with Gasteiger partial charge in [0.15, 0.2) is 0 Å². The van der Waals surface area contributed by atoms with Crippen molar-refractivity contribution in [2.45, 2.75) is 6.54 Å². The van der Waals surface area contributed by atoms with E-state index in [1.165, 1.54) is 5.56 Å². The third-order valence-electron chi connectivity index (χ3n) is 2.95. The highest BCUT2D eigenvalue weighted by molar-refractivity contribution is 9.10. The summed E-state index contributed by atoms with van der Waals surface area (Å²) in [6.07, 6.45) is 0. The molecule has 0 saturated carbocycles. The summed E-state index contributed by atoms with van der Waals surface area (Å²) in [5.41, 5.74) is 2.72. The summed E-state index contributed by atoms with van der Waals surface area (Å²) in [4.78, 5) is 11.7. The molecule has 0 radical (unpaired) electrons. The average molecular weight is 349 g/mol. The Morgan fingerprint density at radius 1 is 1.05 bits per heavy atom. The van der Waals surface area contributed by atoms with Crippen LogP contribution in [0.25, 0.3) is 0 Å². The Morgan fingerprint density at radius 2 is 1.71 bits per heavy atom. The fourth-order valence-electron chi connectivity index (χ4n) is 1.82. The lowest BCUT2D eigenvalue weighted by atomic mass is 10.2. The molecule has 0 bridgehead atoms. The second-order valence-corrected chi connectivity index (χ2v) is 5.45. The third-order valence-corrected chi connectivity index (χ3v) is 3.48. The number of rotatable bonds is 6. The number of nitrogens with one attached hydrogen (secondary N) is 2. The summed E-state index contributed by atoms with van der Waals surface area (Å²) in [7, 11) is 0. The molecule has 2 aromatic carbocycles. The maximum Gasteiger partial charge on any atom is 0.251 e. The highest BCUT2D eigenvalue weighted by atomic mass is 79.9. The van der Waals surface area contributed by atoms with Crippen LogP contribution in [0, 0.1) is 0 Å². The molecule has 0 aliphatic heterocycles. The first-order valence-corrected chi connectivity index (χ1v) is 7.46. The quantitative estimate of drug-likeness (QED) is 0.752. The van der Waals surface area contributed by atoms with Crippen molar-refractivity contribution in [3.05, 3.63) is 64.1 Å². The SMILES string of the molecule is O=C(NCCO)c1ccc(NCc2ccc(Br)cc2)cc1. The zero-order valence-corrected chi connectivity index (χ0v) is 13.1. The van der Waals surface area contributed by atoms with Crippen LogP contribution in [0.4, 0.5) is 5.69 Å². The van der Waals surface area contributed by atoms with E-state index in [9.17, 15) is 4.79 Å². The predicted octanol–water partition coefficient (Wildman–Crippen LogP) is 2.78. The number of hydrogen-bond donors (Lipinski definition) is 3. The number of carbonyl (C=O) groups excluding carboxylic acids is 1. The fraction of sp³-hybridized carbons (Fsp3) is 0.188. The van der Waals surface area contributed by atoms with E-state index < -0.39 is 0 Å². The maximum atomic E-state index is 11.7. The Morgan fingerprint density at radius 3 is 2.33 bits per heavy atom. The zero-order chi connectivity index (χ0) is 15.1. The Bertz CT molecular complexity index is 582.